The van der Waals surface area contributed by atoms with Crippen LogP contribution < -0.4 is 5.32 Å². The Bertz CT molecular complexity index is 244. The lowest BCUT2D eigenvalue weighted by atomic mass is 9.84. The molecule has 0 spiro atoms. The van der Waals surface area contributed by atoms with E-state index in [-0.39, 0.29) is 0 Å². The molecule has 0 aliphatic heterocycles. The molecule has 0 fully saturated rings. The summed E-state index contributed by atoms with van der Waals surface area (Å²) in [5, 5.41) is 3.27. The fourth-order valence-electron chi connectivity index (χ4n) is 2.46. The van der Waals surface area contributed by atoms with Crippen LogP contribution in [0.1, 0.15) is 26.7 Å². The highest BCUT2D eigenvalue weighted by Crippen LogP contribution is 2.26. The molecule has 4 heteroatoms. The fourth-order valence-corrected chi connectivity index (χ4v) is 2.46. The van der Waals surface area contributed by atoms with Gasteiger partial charge in [0.1, 0.15) is 6.61 Å². The van der Waals surface area contributed by atoms with Crippen LogP contribution in [-0.2, 0) is 4.74 Å². The number of alkyl halides is 2. The Morgan fingerprint density at radius 2 is 2.29 bits per heavy atom. The van der Waals surface area contributed by atoms with Gasteiger partial charge >= 0.3 is 0 Å². The summed E-state index contributed by atoms with van der Waals surface area (Å²) in [5.41, 5.74) is 1.46. The van der Waals surface area contributed by atoms with Gasteiger partial charge in [-0.3, -0.25) is 0 Å². The fraction of sp³-hybridized carbons (Fsp3) is 0.846. The van der Waals surface area contributed by atoms with Crippen LogP contribution in [0.3, 0.4) is 0 Å². The Morgan fingerprint density at radius 1 is 1.53 bits per heavy atom. The molecule has 0 aromatic rings. The van der Waals surface area contributed by atoms with Crippen molar-refractivity contribution < 1.29 is 13.5 Å². The van der Waals surface area contributed by atoms with Gasteiger partial charge in [-0.05, 0) is 38.1 Å². The SMILES string of the molecule is CC1=CC(C)CC(CNCCOCC(F)F)C1. The maximum absolute atomic E-state index is 11.8. The minimum atomic E-state index is -2.36. The molecule has 1 aliphatic carbocycles. The highest BCUT2D eigenvalue weighted by molar-refractivity contribution is 5.06. The van der Waals surface area contributed by atoms with Gasteiger partial charge in [0, 0.05) is 6.54 Å². The zero-order valence-electron chi connectivity index (χ0n) is 10.7. The number of hydrogen-bond donors (Lipinski definition) is 1. The summed E-state index contributed by atoms with van der Waals surface area (Å²) in [6, 6.07) is 0. The van der Waals surface area contributed by atoms with Crippen molar-refractivity contribution in [3.63, 3.8) is 0 Å². The lowest BCUT2D eigenvalue weighted by molar-refractivity contribution is 0.0185. The van der Waals surface area contributed by atoms with Crippen molar-refractivity contribution in [1.29, 1.82) is 0 Å². The first kappa shape index (κ1) is 14.6. The predicted octanol–water partition coefficient (Wildman–Crippen LogP) is 2.85. The summed E-state index contributed by atoms with van der Waals surface area (Å²) in [4.78, 5) is 0. The maximum atomic E-state index is 11.8. The summed E-state index contributed by atoms with van der Waals surface area (Å²) in [6.45, 7) is 5.93. The first-order chi connectivity index (χ1) is 8.08. The van der Waals surface area contributed by atoms with Crippen LogP contribution in [0.4, 0.5) is 8.78 Å². The van der Waals surface area contributed by atoms with E-state index < -0.39 is 13.0 Å². The second-order valence-corrected chi connectivity index (χ2v) is 4.97. The van der Waals surface area contributed by atoms with E-state index in [4.69, 9.17) is 4.74 Å². The quantitative estimate of drug-likeness (QED) is 0.552. The van der Waals surface area contributed by atoms with E-state index in [1.54, 1.807) is 0 Å². The first-order valence-electron chi connectivity index (χ1n) is 6.32. The van der Waals surface area contributed by atoms with E-state index >= 15 is 0 Å². The number of allylic oxidation sites excluding steroid dienone is 2. The van der Waals surface area contributed by atoms with E-state index in [1.165, 1.54) is 12.0 Å². The number of halogens is 2. The monoisotopic (exact) mass is 247 g/mol. The Labute approximate surface area is 102 Å². The van der Waals surface area contributed by atoms with Crippen molar-refractivity contribution in [2.75, 3.05) is 26.3 Å². The van der Waals surface area contributed by atoms with Crippen molar-refractivity contribution in [2.24, 2.45) is 11.8 Å². The Kier molecular flexibility index (Phi) is 6.66. The van der Waals surface area contributed by atoms with E-state index in [9.17, 15) is 8.78 Å². The van der Waals surface area contributed by atoms with E-state index in [0.29, 0.717) is 25.0 Å². The standard InChI is InChI=1S/C13H23F2NO/c1-10-5-11(2)7-12(6-10)8-16-3-4-17-9-13(14)15/h5,10,12-13,16H,3-4,6-9H2,1-2H3. The molecule has 0 bridgehead atoms. The molecule has 17 heavy (non-hydrogen) atoms. The smallest absolute Gasteiger partial charge is 0.261 e. The van der Waals surface area contributed by atoms with Gasteiger partial charge in [-0.15, -0.1) is 0 Å². The van der Waals surface area contributed by atoms with Gasteiger partial charge in [-0.2, -0.15) is 0 Å². The van der Waals surface area contributed by atoms with Crippen LogP contribution in [-0.4, -0.2) is 32.7 Å². The van der Waals surface area contributed by atoms with Gasteiger partial charge in [0.25, 0.3) is 6.43 Å². The van der Waals surface area contributed by atoms with Crippen LogP contribution in [0.2, 0.25) is 0 Å². The maximum Gasteiger partial charge on any atom is 0.261 e. The molecule has 0 saturated carbocycles. The average molecular weight is 247 g/mol. The highest BCUT2D eigenvalue weighted by Gasteiger charge is 2.17. The number of nitrogens with one attached hydrogen (secondary N) is 1. The minimum absolute atomic E-state index is 0.363. The molecule has 2 nitrogen and oxygen atoms in total. The van der Waals surface area contributed by atoms with Crippen LogP contribution >= 0.6 is 0 Å². The van der Waals surface area contributed by atoms with E-state index in [2.05, 4.69) is 25.2 Å². The lowest BCUT2D eigenvalue weighted by Gasteiger charge is -2.25. The van der Waals surface area contributed by atoms with Crippen molar-refractivity contribution in [3.05, 3.63) is 11.6 Å². The molecular formula is C13H23F2NO. The molecule has 2 atom stereocenters. The third-order valence-corrected chi connectivity index (χ3v) is 2.98. The van der Waals surface area contributed by atoms with Crippen LogP contribution in [0.25, 0.3) is 0 Å². The molecule has 0 amide bonds. The second-order valence-electron chi connectivity index (χ2n) is 4.97. The van der Waals surface area contributed by atoms with Crippen LogP contribution in [0.5, 0.6) is 0 Å². The zero-order valence-corrected chi connectivity index (χ0v) is 10.7. The predicted molar refractivity (Wildman–Crippen MR) is 65.3 cm³/mol. The Hall–Kier alpha value is -0.480. The summed E-state index contributed by atoms with van der Waals surface area (Å²) in [5.74, 6) is 1.33. The second kappa shape index (κ2) is 7.77. The van der Waals surface area contributed by atoms with Crippen molar-refractivity contribution >= 4 is 0 Å². The van der Waals surface area contributed by atoms with Crippen molar-refractivity contribution in [3.8, 4) is 0 Å². The van der Waals surface area contributed by atoms with Crippen molar-refractivity contribution in [2.45, 2.75) is 33.1 Å². The molecule has 0 saturated heterocycles. The molecule has 1 aliphatic rings. The minimum Gasteiger partial charge on any atom is -0.374 e. The summed E-state index contributed by atoms with van der Waals surface area (Å²) in [6.07, 6.45) is 2.33. The van der Waals surface area contributed by atoms with Crippen LogP contribution in [0, 0.1) is 11.8 Å². The third-order valence-electron chi connectivity index (χ3n) is 2.98. The van der Waals surface area contributed by atoms with Gasteiger partial charge in [-0.25, -0.2) is 8.78 Å². The third kappa shape index (κ3) is 6.74. The highest BCUT2D eigenvalue weighted by atomic mass is 19.3. The van der Waals surface area contributed by atoms with Crippen molar-refractivity contribution in [1.82, 2.24) is 5.32 Å². The summed E-state index contributed by atoms with van der Waals surface area (Å²) >= 11 is 0. The normalized spacial score (nSPS) is 25.1. The number of rotatable bonds is 7. The molecule has 1 N–H and O–H groups in total. The number of ether oxygens (including phenoxy) is 1. The van der Waals surface area contributed by atoms with Gasteiger partial charge in [0.15, 0.2) is 0 Å². The molecule has 0 aromatic heterocycles. The largest absolute Gasteiger partial charge is 0.374 e. The lowest BCUT2D eigenvalue weighted by Crippen LogP contribution is -2.29. The van der Waals surface area contributed by atoms with Gasteiger partial charge in [0.2, 0.25) is 0 Å². The summed E-state index contributed by atoms with van der Waals surface area (Å²) < 4.78 is 28.3. The van der Waals surface area contributed by atoms with Gasteiger partial charge in [0.05, 0.1) is 6.61 Å². The van der Waals surface area contributed by atoms with E-state index in [0.717, 1.165) is 13.0 Å². The van der Waals surface area contributed by atoms with Gasteiger partial charge in [-0.1, -0.05) is 18.6 Å². The molecular weight excluding hydrogens is 224 g/mol. The van der Waals surface area contributed by atoms with E-state index in [1.807, 2.05) is 0 Å². The topological polar surface area (TPSA) is 21.3 Å². The van der Waals surface area contributed by atoms with Gasteiger partial charge < -0.3 is 10.1 Å². The molecule has 1 rings (SSSR count). The Balaban J connectivity index is 2.02. The summed E-state index contributed by atoms with van der Waals surface area (Å²) in [7, 11) is 0. The molecule has 0 aromatic carbocycles. The molecule has 2 unspecified atom stereocenters. The molecule has 0 radical (unpaired) electrons. The first-order valence-corrected chi connectivity index (χ1v) is 6.32. The van der Waals surface area contributed by atoms with Crippen LogP contribution in [0.15, 0.2) is 11.6 Å². The zero-order chi connectivity index (χ0) is 12.7. The molecule has 0 heterocycles. The number of hydrogen-bond acceptors (Lipinski definition) is 2. The average Bonchev–Trinajstić information content (AvgIpc) is 2.21. The Morgan fingerprint density at radius 3 is 2.94 bits per heavy atom. The molecule has 100 valence electrons.